The first kappa shape index (κ1) is 44.8. The van der Waals surface area contributed by atoms with Gasteiger partial charge in [-0.15, -0.1) is 0 Å². The van der Waals surface area contributed by atoms with Crippen molar-refractivity contribution in [2.75, 3.05) is 0 Å². The highest BCUT2D eigenvalue weighted by Crippen LogP contribution is 2.49. The molecule has 0 spiro atoms. The van der Waals surface area contributed by atoms with Crippen LogP contribution < -0.4 is 10.4 Å². The molecule has 3 aromatic carbocycles. The third-order valence-electron chi connectivity index (χ3n) is 13.9. The molecule has 0 N–H and O–H groups in total. The Morgan fingerprint density at radius 3 is 1.64 bits per heavy atom. The molecule has 1 heterocycles. The van der Waals surface area contributed by atoms with Gasteiger partial charge < -0.3 is 13.3 Å². The lowest BCUT2D eigenvalue weighted by atomic mass is 9.74. The van der Waals surface area contributed by atoms with E-state index in [1.807, 2.05) is 0 Å². The van der Waals surface area contributed by atoms with E-state index in [0.717, 1.165) is 32.1 Å². The second-order valence-corrected chi connectivity index (χ2v) is 34.2. The van der Waals surface area contributed by atoms with Crippen LogP contribution in [0.2, 0.25) is 34.3 Å². The predicted molar refractivity (Wildman–Crippen MR) is 249 cm³/mol. The SMILES string of the molecule is CCC(O[Si](c1ccccc1)(c1ccccc1)C(C)(C)C)c1c2c(c3c(c1CCC(=C(C)C)/C(C)=C/[Si](C)(C)C(C)(C)C)CO[Si](C(C)C)(C(C)C)OC3)CC2. The molecule has 1 atom stereocenters. The number of benzene rings is 3. The zero-order valence-corrected chi connectivity index (χ0v) is 41.3. The van der Waals surface area contributed by atoms with E-state index in [9.17, 15) is 0 Å². The second kappa shape index (κ2) is 17.1. The largest absolute Gasteiger partial charge is 0.400 e. The molecule has 0 fully saturated rings. The number of rotatable bonds is 13. The van der Waals surface area contributed by atoms with Gasteiger partial charge in [0, 0.05) is 0 Å². The van der Waals surface area contributed by atoms with Gasteiger partial charge in [0.05, 0.1) is 27.4 Å². The molecule has 0 amide bonds. The maximum absolute atomic E-state index is 8.12. The Bertz CT molecular complexity index is 1840. The van der Waals surface area contributed by atoms with Crippen LogP contribution in [0.3, 0.4) is 0 Å². The predicted octanol–water partition coefficient (Wildman–Crippen LogP) is 13.4. The average Bonchev–Trinajstić information content (AvgIpc) is 3.30. The van der Waals surface area contributed by atoms with Gasteiger partial charge in [-0.05, 0) is 123 Å². The zero-order valence-electron chi connectivity index (χ0n) is 38.3. The van der Waals surface area contributed by atoms with Crippen LogP contribution in [0.25, 0.3) is 0 Å². The highest BCUT2D eigenvalue weighted by Gasteiger charge is 2.53. The van der Waals surface area contributed by atoms with E-state index in [1.165, 1.54) is 60.5 Å². The second-order valence-electron chi connectivity index (χ2n) is 20.4. The Morgan fingerprint density at radius 2 is 1.23 bits per heavy atom. The van der Waals surface area contributed by atoms with Crippen LogP contribution in [0.4, 0.5) is 0 Å². The van der Waals surface area contributed by atoms with E-state index >= 15 is 0 Å². The lowest BCUT2D eigenvalue weighted by molar-refractivity contribution is 0.153. The van der Waals surface area contributed by atoms with Gasteiger partial charge in [-0.3, -0.25) is 0 Å². The third-order valence-corrected chi connectivity index (χ3v) is 28.3. The first-order valence-corrected chi connectivity index (χ1v) is 28.7. The van der Waals surface area contributed by atoms with Gasteiger partial charge in [0.15, 0.2) is 0 Å². The van der Waals surface area contributed by atoms with Crippen molar-refractivity contribution in [2.45, 2.75) is 183 Å². The molecule has 0 bridgehead atoms. The smallest absolute Gasteiger partial charge is 0.344 e. The molecule has 6 heteroatoms. The normalized spacial score (nSPS) is 16.9. The molecule has 0 saturated carbocycles. The minimum Gasteiger partial charge on any atom is -0.400 e. The molecule has 1 aliphatic heterocycles. The van der Waals surface area contributed by atoms with Crippen molar-refractivity contribution >= 4 is 35.3 Å². The molecule has 3 aromatic rings. The molecule has 56 heavy (non-hydrogen) atoms. The molecule has 0 saturated heterocycles. The lowest BCUT2D eigenvalue weighted by Gasteiger charge is -2.46. The standard InChI is InChI=1S/C50H76O3Si3/c1-17-47(53-55(50(12,13)14,39-24-20-18-21-25-39)40-26-22-19-23-27-40)48-43-31-29-42(43)45-32-51-56(36(4)5,37(6)7)52-33-46(45)44(48)30-28-41(35(2)3)38(8)34-54(15,16)49(9,10)11/h18-27,34,36-37,47H,17,28-33H2,1-16H3/b38-34+. The summed E-state index contributed by atoms with van der Waals surface area (Å²) in [5.74, 6) is 0. The van der Waals surface area contributed by atoms with Gasteiger partial charge in [0.25, 0.3) is 8.32 Å². The number of hydrogen-bond acceptors (Lipinski definition) is 3. The molecule has 3 nitrogen and oxygen atoms in total. The Labute approximate surface area is 346 Å². The number of fused-ring (bicyclic) bond motifs is 3. The highest BCUT2D eigenvalue weighted by atomic mass is 28.4. The topological polar surface area (TPSA) is 27.7 Å². The summed E-state index contributed by atoms with van der Waals surface area (Å²) in [7, 11) is -6.98. The maximum atomic E-state index is 8.12. The summed E-state index contributed by atoms with van der Waals surface area (Å²) in [4.78, 5) is 0. The Morgan fingerprint density at radius 1 is 0.732 bits per heavy atom. The quantitative estimate of drug-likeness (QED) is 0.127. The van der Waals surface area contributed by atoms with Gasteiger partial charge in [0.1, 0.15) is 0 Å². The Hall–Kier alpha value is -2.33. The lowest BCUT2D eigenvalue weighted by Crippen LogP contribution is -2.67. The molecular weight excluding hydrogens is 733 g/mol. The van der Waals surface area contributed by atoms with Crippen molar-refractivity contribution in [3.05, 3.63) is 116 Å². The van der Waals surface area contributed by atoms with E-state index in [0.29, 0.717) is 29.3 Å². The summed E-state index contributed by atoms with van der Waals surface area (Å²) in [6, 6.07) is 22.4. The summed E-state index contributed by atoms with van der Waals surface area (Å²) in [5, 5.41) is 2.86. The number of allylic oxidation sites excluding steroid dienone is 3. The molecule has 0 radical (unpaired) electrons. The van der Waals surface area contributed by atoms with Gasteiger partial charge in [-0.1, -0.05) is 167 Å². The summed E-state index contributed by atoms with van der Waals surface area (Å²) >= 11 is 0. The first-order chi connectivity index (χ1) is 26.1. The fourth-order valence-corrected chi connectivity index (χ4v) is 19.6. The fraction of sp³-hybridized carbons (Fsp3) is 0.560. The molecule has 2 aliphatic rings. The molecule has 5 rings (SSSR count). The molecular formula is C50H76O3Si3. The van der Waals surface area contributed by atoms with Crippen molar-refractivity contribution in [3.8, 4) is 0 Å². The first-order valence-electron chi connectivity index (χ1n) is 21.7. The van der Waals surface area contributed by atoms with Crippen LogP contribution in [0.1, 0.15) is 149 Å². The van der Waals surface area contributed by atoms with Crippen molar-refractivity contribution in [2.24, 2.45) is 0 Å². The summed E-state index contributed by atoms with van der Waals surface area (Å²) in [6.07, 6.45) is 5.05. The minimum absolute atomic E-state index is 0.0453. The van der Waals surface area contributed by atoms with Gasteiger partial charge in [0.2, 0.25) is 0 Å². The van der Waals surface area contributed by atoms with Gasteiger partial charge in [-0.2, -0.15) is 0 Å². The monoisotopic (exact) mass is 809 g/mol. The van der Waals surface area contributed by atoms with Gasteiger partial charge in [-0.25, -0.2) is 0 Å². The van der Waals surface area contributed by atoms with Crippen LogP contribution in [-0.4, -0.2) is 25.0 Å². The summed E-state index contributed by atoms with van der Waals surface area (Å²) < 4.78 is 22.5. The van der Waals surface area contributed by atoms with E-state index < -0.39 is 25.0 Å². The number of hydrogen-bond donors (Lipinski definition) is 0. The van der Waals surface area contributed by atoms with Gasteiger partial charge >= 0.3 is 8.56 Å². The Kier molecular flexibility index (Phi) is 13.7. The van der Waals surface area contributed by atoms with E-state index in [-0.39, 0.29) is 11.1 Å². The molecule has 306 valence electrons. The van der Waals surface area contributed by atoms with Crippen LogP contribution in [-0.2, 0) is 45.8 Å². The average molecular weight is 809 g/mol. The Balaban J connectivity index is 1.74. The third kappa shape index (κ3) is 8.40. The van der Waals surface area contributed by atoms with E-state index in [4.69, 9.17) is 13.3 Å². The summed E-state index contributed by atoms with van der Waals surface area (Å²) in [6.45, 7) is 39.5. The van der Waals surface area contributed by atoms with Crippen molar-refractivity contribution in [3.63, 3.8) is 0 Å². The minimum atomic E-state index is -2.84. The molecule has 1 unspecified atom stereocenters. The maximum Gasteiger partial charge on any atom is 0.344 e. The highest BCUT2D eigenvalue weighted by molar-refractivity contribution is 6.99. The van der Waals surface area contributed by atoms with E-state index in [2.05, 4.69) is 176 Å². The van der Waals surface area contributed by atoms with Crippen molar-refractivity contribution in [1.29, 1.82) is 0 Å². The van der Waals surface area contributed by atoms with Crippen molar-refractivity contribution < 1.29 is 13.3 Å². The molecule has 0 aromatic heterocycles. The van der Waals surface area contributed by atoms with Crippen molar-refractivity contribution in [1.82, 2.24) is 0 Å². The van der Waals surface area contributed by atoms with Crippen LogP contribution in [0.15, 0.2) is 83.1 Å². The zero-order chi connectivity index (χ0) is 41.4. The van der Waals surface area contributed by atoms with Crippen LogP contribution >= 0.6 is 0 Å². The van der Waals surface area contributed by atoms with Crippen LogP contribution in [0, 0.1) is 0 Å². The molecule has 1 aliphatic carbocycles. The van der Waals surface area contributed by atoms with Crippen LogP contribution in [0.5, 0.6) is 0 Å². The van der Waals surface area contributed by atoms with E-state index in [1.54, 1.807) is 0 Å². The summed E-state index contributed by atoms with van der Waals surface area (Å²) in [5.41, 5.74) is 16.6. The fourth-order valence-electron chi connectivity index (χ4n) is 9.67.